The highest BCUT2D eigenvalue weighted by atomic mass is 79.9. The second kappa shape index (κ2) is 5.91. The van der Waals surface area contributed by atoms with Crippen LogP contribution in [0.4, 0.5) is 11.5 Å². The molecule has 0 atom stereocenters. The molecule has 0 saturated heterocycles. The molecule has 1 aromatic heterocycles. The van der Waals surface area contributed by atoms with E-state index in [1.165, 1.54) is 11.8 Å². The van der Waals surface area contributed by atoms with Crippen molar-refractivity contribution >= 4 is 50.8 Å². The molecule has 3 nitrogen and oxygen atoms in total. The number of anilines is 2. The number of nitrogens with one attached hydrogen (secondary N) is 1. The molecule has 2 aromatic rings. The Bertz CT molecular complexity index is 577. The lowest BCUT2D eigenvalue weighted by atomic mass is 10.2. The maximum Gasteiger partial charge on any atom is 0.190 e. The van der Waals surface area contributed by atoms with Crippen molar-refractivity contribution in [2.75, 3.05) is 11.6 Å². The van der Waals surface area contributed by atoms with Gasteiger partial charge >= 0.3 is 0 Å². The van der Waals surface area contributed by atoms with E-state index in [1.807, 2.05) is 31.4 Å². The SMILES string of the molecule is CSc1nc(Cl)cc(Nc2cccc(Br)c2C)n1. The average Bonchev–Trinajstić information content (AvgIpc) is 2.34. The third kappa shape index (κ3) is 3.16. The second-order valence-corrected chi connectivity index (χ2v) is 5.61. The quantitative estimate of drug-likeness (QED) is 0.499. The van der Waals surface area contributed by atoms with Gasteiger partial charge in [0.25, 0.3) is 0 Å². The molecule has 1 heterocycles. The van der Waals surface area contributed by atoms with E-state index in [0.29, 0.717) is 16.1 Å². The van der Waals surface area contributed by atoms with Crippen molar-refractivity contribution in [2.45, 2.75) is 12.1 Å². The van der Waals surface area contributed by atoms with Gasteiger partial charge in [0.2, 0.25) is 0 Å². The van der Waals surface area contributed by atoms with E-state index in [4.69, 9.17) is 11.6 Å². The van der Waals surface area contributed by atoms with Crippen LogP contribution in [0.2, 0.25) is 5.15 Å². The minimum atomic E-state index is 0.435. The van der Waals surface area contributed by atoms with Gasteiger partial charge in [0.15, 0.2) is 5.16 Å². The van der Waals surface area contributed by atoms with E-state index in [-0.39, 0.29) is 0 Å². The Balaban J connectivity index is 2.34. The summed E-state index contributed by atoms with van der Waals surface area (Å²) < 4.78 is 1.05. The highest BCUT2D eigenvalue weighted by Gasteiger charge is 2.06. The maximum absolute atomic E-state index is 5.95. The molecule has 0 saturated carbocycles. The van der Waals surface area contributed by atoms with E-state index in [9.17, 15) is 0 Å². The predicted octanol–water partition coefficient (Wildman–Crippen LogP) is 4.67. The molecule has 0 unspecified atom stereocenters. The third-order valence-corrected chi connectivity index (χ3v) is 3.99. The number of hydrogen-bond donors (Lipinski definition) is 1. The van der Waals surface area contributed by atoms with Gasteiger partial charge in [-0.25, -0.2) is 9.97 Å². The van der Waals surface area contributed by atoms with Crippen LogP contribution in [0.3, 0.4) is 0 Å². The normalized spacial score (nSPS) is 10.4. The van der Waals surface area contributed by atoms with Crippen LogP contribution < -0.4 is 5.32 Å². The van der Waals surface area contributed by atoms with Crippen LogP contribution in [-0.4, -0.2) is 16.2 Å². The van der Waals surface area contributed by atoms with E-state index >= 15 is 0 Å². The first-order valence-corrected chi connectivity index (χ1v) is 7.60. The number of thioether (sulfide) groups is 1. The van der Waals surface area contributed by atoms with Gasteiger partial charge in [0, 0.05) is 16.2 Å². The van der Waals surface area contributed by atoms with Crippen molar-refractivity contribution in [1.29, 1.82) is 0 Å². The Hall–Kier alpha value is -0.780. The molecule has 6 heteroatoms. The highest BCUT2D eigenvalue weighted by molar-refractivity contribution is 9.10. The average molecular weight is 345 g/mol. The number of rotatable bonds is 3. The minimum Gasteiger partial charge on any atom is -0.340 e. The van der Waals surface area contributed by atoms with Crippen molar-refractivity contribution < 1.29 is 0 Å². The molecule has 0 radical (unpaired) electrons. The summed E-state index contributed by atoms with van der Waals surface area (Å²) in [6.07, 6.45) is 1.92. The van der Waals surface area contributed by atoms with Crippen molar-refractivity contribution in [3.05, 3.63) is 39.5 Å². The third-order valence-electron chi connectivity index (χ3n) is 2.39. The summed E-state index contributed by atoms with van der Waals surface area (Å²) in [6.45, 7) is 2.03. The first-order valence-electron chi connectivity index (χ1n) is 5.21. The molecule has 1 N–H and O–H groups in total. The molecule has 0 amide bonds. The molecule has 18 heavy (non-hydrogen) atoms. The van der Waals surface area contributed by atoms with Gasteiger partial charge in [-0.05, 0) is 30.9 Å². The summed E-state index contributed by atoms with van der Waals surface area (Å²) in [5.41, 5.74) is 2.11. The van der Waals surface area contributed by atoms with Crippen LogP contribution in [0.25, 0.3) is 0 Å². The number of benzene rings is 1. The summed E-state index contributed by atoms with van der Waals surface area (Å²) in [5, 5.41) is 4.33. The highest BCUT2D eigenvalue weighted by Crippen LogP contribution is 2.27. The number of hydrogen-bond acceptors (Lipinski definition) is 4. The Morgan fingerprint density at radius 1 is 1.33 bits per heavy atom. The molecule has 94 valence electrons. The summed E-state index contributed by atoms with van der Waals surface area (Å²) in [6, 6.07) is 7.68. The maximum atomic E-state index is 5.95. The summed E-state index contributed by atoms with van der Waals surface area (Å²) in [5.74, 6) is 0.695. The first-order chi connectivity index (χ1) is 8.60. The summed E-state index contributed by atoms with van der Waals surface area (Å²) in [7, 11) is 0. The van der Waals surface area contributed by atoms with Crippen molar-refractivity contribution in [3.8, 4) is 0 Å². The van der Waals surface area contributed by atoms with E-state index in [1.54, 1.807) is 6.07 Å². The summed E-state index contributed by atoms with van der Waals surface area (Å²) >= 11 is 10.9. The van der Waals surface area contributed by atoms with Crippen LogP contribution >= 0.6 is 39.3 Å². The van der Waals surface area contributed by atoms with Crippen molar-refractivity contribution in [2.24, 2.45) is 0 Å². The molecule has 0 aliphatic rings. The zero-order valence-corrected chi connectivity index (χ0v) is 13.0. The molecule has 0 aliphatic carbocycles. The molecule has 1 aromatic carbocycles. The van der Waals surface area contributed by atoms with Gasteiger partial charge in [-0.3, -0.25) is 0 Å². The van der Waals surface area contributed by atoms with Gasteiger partial charge in [-0.15, -0.1) is 0 Å². The van der Waals surface area contributed by atoms with E-state index < -0.39 is 0 Å². The second-order valence-electron chi connectivity index (χ2n) is 3.60. The topological polar surface area (TPSA) is 37.8 Å². The monoisotopic (exact) mass is 343 g/mol. The van der Waals surface area contributed by atoms with Crippen LogP contribution in [0.1, 0.15) is 5.56 Å². The molecule has 0 aliphatic heterocycles. The molecular formula is C12H11BrClN3S. The van der Waals surface area contributed by atoms with Gasteiger partial charge in [-0.2, -0.15) is 0 Å². The fourth-order valence-corrected chi connectivity index (χ4v) is 2.41. The minimum absolute atomic E-state index is 0.435. The molecule has 0 spiro atoms. The lowest BCUT2D eigenvalue weighted by Crippen LogP contribution is -1.98. The Morgan fingerprint density at radius 3 is 2.83 bits per heavy atom. The Labute approximate surface area is 124 Å². The van der Waals surface area contributed by atoms with Crippen molar-refractivity contribution in [3.63, 3.8) is 0 Å². The Morgan fingerprint density at radius 2 is 2.11 bits per heavy atom. The zero-order chi connectivity index (χ0) is 13.1. The van der Waals surface area contributed by atoms with Crippen LogP contribution in [-0.2, 0) is 0 Å². The fourth-order valence-electron chi connectivity index (χ4n) is 1.43. The summed E-state index contributed by atoms with van der Waals surface area (Å²) in [4.78, 5) is 8.46. The van der Waals surface area contributed by atoms with Gasteiger partial charge in [-0.1, -0.05) is 45.4 Å². The smallest absolute Gasteiger partial charge is 0.190 e. The van der Waals surface area contributed by atoms with Crippen LogP contribution in [0, 0.1) is 6.92 Å². The standard InChI is InChI=1S/C12H11BrClN3S/c1-7-8(13)4-3-5-9(7)15-11-6-10(14)16-12(17-11)18-2/h3-6H,1-2H3,(H,15,16,17). The Kier molecular flexibility index (Phi) is 4.48. The number of halogens is 2. The van der Waals surface area contributed by atoms with Gasteiger partial charge in [0.05, 0.1) is 0 Å². The zero-order valence-electron chi connectivity index (χ0n) is 9.87. The fraction of sp³-hybridized carbons (Fsp3) is 0.167. The number of aromatic nitrogens is 2. The van der Waals surface area contributed by atoms with Crippen molar-refractivity contribution in [1.82, 2.24) is 9.97 Å². The van der Waals surface area contributed by atoms with Crippen LogP contribution in [0.15, 0.2) is 33.9 Å². The van der Waals surface area contributed by atoms with E-state index in [0.717, 1.165) is 15.7 Å². The molecule has 0 bridgehead atoms. The number of nitrogens with zero attached hydrogens (tertiary/aromatic N) is 2. The van der Waals surface area contributed by atoms with Gasteiger partial charge < -0.3 is 5.32 Å². The molecule has 2 rings (SSSR count). The van der Waals surface area contributed by atoms with E-state index in [2.05, 4.69) is 31.2 Å². The lowest BCUT2D eigenvalue weighted by Gasteiger charge is -2.10. The first kappa shape index (κ1) is 13.6. The largest absolute Gasteiger partial charge is 0.340 e. The molecular weight excluding hydrogens is 334 g/mol. The molecule has 0 fully saturated rings. The van der Waals surface area contributed by atoms with Crippen LogP contribution in [0.5, 0.6) is 0 Å². The van der Waals surface area contributed by atoms with Gasteiger partial charge in [0.1, 0.15) is 11.0 Å². The lowest BCUT2D eigenvalue weighted by molar-refractivity contribution is 0.976. The predicted molar refractivity (Wildman–Crippen MR) is 81.0 cm³/mol.